The quantitative estimate of drug-likeness (QED) is 0.379. The zero-order valence-corrected chi connectivity index (χ0v) is 22.4. The van der Waals surface area contributed by atoms with Crippen molar-refractivity contribution >= 4 is 5.78 Å². The van der Waals surface area contributed by atoms with Gasteiger partial charge in [-0.2, -0.15) is 0 Å². The minimum atomic E-state index is -1.09. The van der Waals surface area contributed by atoms with Crippen LogP contribution in [0.1, 0.15) is 90.2 Å². The standard InChI is InChI=1S/C31H44O4/c1-6-22-7-9-23(10-8-22)20-35-30(33)18-17-28(3)24(19-30)11-12-25-26(28)13-15-29(4)27(25)14-16-31(29,34-5)21(2)32/h7-11,25-27,33H,6,12-20H2,1-5H3/t25-,26+,27+,28+,29+,30-,31+/m1/s1. The Hall–Kier alpha value is -1.49. The van der Waals surface area contributed by atoms with Crippen LogP contribution < -0.4 is 0 Å². The predicted molar refractivity (Wildman–Crippen MR) is 138 cm³/mol. The van der Waals surface area contributed by atoms with Crippen molar-refractivity contribution in [3.8, 4) is 0 Å². The molecular formula is C31H44O4. The molecule has 1 aromatic carbocycles. The normalized spacial score (nSPS) is 42.6. The summed E-state index contributed by atoms with van der Waals surface area (Å²) in [6.07, 6.45) is 10.8. The first kappa shape index (κ1) is 25.2. The van der Waals surface area contributed by atoms with Gasteiger partial charge in [-0.05, 0) is 86.2 Å². The SMILES string of the molecule is CCc1ccc(CO[C@]2(O)CC[C@@]3(C)C(=CC[C@@H]4[C@@H]3CC[C@@]3(C)[C@H]4CC[C@]3(OC)C(C)=O)C2)cc1. The minimum Gasteiger partial charge on any atom is -0.370 e. The lowest BCUT2D eigenvalue weighted by Crippen LogP contribution is -2.58. The highest BCUT2D eigenvalue weighted by atomic mass is 16.6. The van der Waals surface area contributed by atoms with E-state index in [0.29, 0.717) is 37.2 Å². The van der Waals surface area contributed by atoms with Crippen LogP contribution in [0.5, 0.6) is 0 Å². The number of methoxy groups -OCH3 is 1. The number of Topliss-reactive ketones (excluding diaryl/α,β-unsaturated/α-hetero) is 1. The second kappa shape index (κ2) is 8.82. The van der Waals surface area contributed by atoms with Crippen molar-refractivity contribution in [3.63, 3.8) is 0 Å². The third-order valence-electron chi connectivity index (χ3n) is 11.1. The third-order valence-corrected chi connectivity index (χ3v) is 11.1. The Morgan fingerprint density at radius 3 is 2.37 bits per heavy atom. The van der Waals surface area contributed by atoms with E-state index in [2.05, 4.69) is 51.1 Å². The van der Waals surface area contributed by atoms with E-state index in [4.69, 9.17) is 9.47 Å². The summed E-state index contributed by atoms with van der Waals surface area (Å²) in [5, 5.41) is 11.4. The van der Waals surface area contributed by atoms with Crippen LogP contribution in [-0.2, 0) is 27.3 Å². The van der Waals surface area contributed by atoms with E-state index in [1.54, 1.807) is 14.0 Å². The van der Waals surface area contributed by atoms with E-state index in [-0.39, 0.29) is 16.6 Å². The fourth-order valence-electron chi connectivity index (χ4n) is 8.89. The molecule has 4 heteroatoms. The maximum Gasteiger partial charge on any atom is 0.169 e. The molecule has 0 aliphatic heterocycles. The van der Waals surface area contributed by atoms with E-state index in [9.17, 15) is 9.90 Å². The van der Waals surface area contributed by atoms with E-state index in [1.807, 2.05) is 0 Å². The highest BCUT2D eigenvalue weighted by Crippen LogP contribution is 2.68. The van der Waals surface area contributed by atoms with Gasteiger partial charge in [0.25, 0.3) is 0 Å². The van der Waals surface area contributed by atoms with E-state index in [0.717, 1.165) is 50.5 Å². The van der Waals surface area contributed by atoms with Gasteiger partial charge in [-0.15, -0.1) is 0 Å². The average Bonchev–Trinajstić information content (AvgIpc) is 3.17. The molecule has 5 rings (SSSR count). The molecule has 4 aliphatic rings. The van der Waals surface area contributed by atoms with Crippen molar-refractivity contribution in [2.75, 3.05) is 7.11 Å². The van der Waals surface area contributed by atoms with Crippen molar-refractivity contribution in [1.82, 2.24) is 0 Å². The lowest BCUT2D eigenvalue weighted by Gasteiger charge is -2.59. The van der Waals surface area contributed by atoms with Gasteiger partial charge < -0.3 is 14.6 Å². The van der Waals surface area contributed by atoms with Gasteiger partial charge >= 0.3 is 0 Å². The van der Waals surface area contributed by atoms with Gasteiger partial charge in [-0.1, -0.05) is 56.7 Å². The lowest BCUT2D eigenvalue weighted by atomic mass is 9.46. The molecule has 0 bridgehead atoms. The molecule has 1 aromatic rings. The number of hydrogen-bond acceptors (Lipinski definition) is 4. The summed E-state index contributed by atoms with van der Waals surface area (Å²) >= 11 is 0. The molecule has 0 saturated heterocycles. The van der Waals surface area contributed by atoms with Gasteiger partial charge in [0, 0.05) is 25.4 Å². The number of carbonyl (C=O) groups excluding carboxylic acids is 1. The van der Waals surface area contributed by atoms with Crippen molar-refractivity contribution in [2.45, 2.75) is 103 Å². The topological polar surface area (TPSA) is 55.8 Å². The molecule has 0 heterocycles. The first-order chi connectivity index (χ1) is 16.6. The number of rotatable bonds is 6. The summed E-state index contributed by atoms with van der Waals surface area (Å²) in [6.45, 7) is 9.09. The minimum absolute atomic E-state index is 0.0811. The maximum atomic E-state index is 12.8. The van der Waals surface area contributed by atoms with Gasteiger partial charge in [-0.25, -0.2) is 0 Å². The number of benzene rings is 1. The Morgan fingerprint density at radius 1 is 1.03 bits per heavy atom. The maximum absolute atomic E-state index is 12.8. The zero-order chi connectivity index (χ0) is 25.1. The molecule has 0 spiro atoms. The molecule has 4 aliphatic carbocycles. The zero-order valence-electron chi connectivity index (χ0n) is 22.4. The van der Waals surface area contributed by atoms with Crippen LogP contribution in [0.4, 0.5) is 0 Å². The van der Waals surface area contributed by atoms with Crippen LogP contribution in [0.3, 0.4) is 0 Å². The van der Waals surface area contributed by atoms with E-state index in [1.165, 1.54) is 11.1 Å². The largest absolute Gasteiger partial charge is 0.370 e. The van der Waals surface area contributed by atoms with Crippen LogP contribution >= 0.6 is 0 Å². The van der Waals surface area contributed by atoms with Crippen molar-refractivity contribution in [3.05, 3.63) is 47.0 Å². The van der Waals surface area contributed by atoms with Crippen LogP contribution in [0.15, 0.2) is 35.9 Å². The number of carbonyl (C=O) groups is 1. The third kappa shape index (κ3) is 3.78. The van der Waals surface area contributed by atoms with Crippen LogP contribution in [-0.4, -0.2) is 29.4 Å². The summed E-state index contributed by atoms with van der Waals surface area (Å²) < 4.78 is 12.2. The highest BCUT2D eigenvalue weighted by Gasteiger charge is 2.66. The molecule has 0 aromatic heterocycles. The first-order valence-electron chi connectivity index (χ1n) is 13.8. The molecule has 192 valence electrons. The summed E-state index contributed by atoms with van der Waals surface area (Å²) in [6, 6.07) is 8.52. The lowest BCUT2D eigenvalue weighted by molar-refractivity contribution is -0.232. The Balaban J connectivity index is 1.33. The Kier molecular flexibility index (Phi) is 6.34. The summed E-state index contributed by atoms with van der Waals surface area (Å²) in [5.74, 6) is 0.820. The fourth-order valence-corrected chi connectivity index (χ4v) is 8.89. The number of ether oxygens (including phenoxy) is 2. The molecule has 0 amide bonds. The molecule has 3 saturated carbocycles. The van der Waals surface area contributed by atoms with Crippen molar-refractivity contribution in [2.24, 2.45) is 28.6 Å². The summed E-state index contributed by atoms with van der Waals surface area (Å²) in [4.78, 5) is 12.8. The smallest absolute Gasteiger partial charge is 0.169 e. The van der Waals surface area contributed by atoms with Gasteiger partial charge in [-0.3, -0.25) is 4.79 Å². The fraction of sp³-hybridized carbons (Fsp3) is 0.710. The van der Waals surface area contributed by atoms with Crippen LogP contribution in [0.2, 0.25) is 0 Å². The second-order valence-electron chi connectivity index (χ2n) is 12.4. The van der Waals surface area contributed by atoms with Gasteiger partial charge in [0.2, 0.25) is 0 Å². The molecule has 0 radical (unpaired) electrons. The highest BCUT2D eigenvalue weighted by molar-refractivity contribution is 5.86. The van der Waals surface area contributed by atoms with Crippen molar-refractivity contribution in [1.29, 1.82) is 0 Å². The van der Waals surface area contributed by atoms with Gasteiger partial charge in [0.15, 0.2) is 11.6 Å². The summed E-state index contributed by atoms with van der Waals surface area (Å²) in [7, 11) is 1.74. The number of aryl methyl sites for hydroxylation is 1. The second-order valence-corrected chi connectivity index (χ2v) is 12.4. The Morgan fingerprint density at radius 2 is 1.71 bits per heavy atom. The number of fused-ring (bicyclic) bond motifs is 5. The van der Waals surface area contributed by atoms with Gasteiger partial charge in [0.05, 0.1) is 6.61 Å². The van der Waals surface area contributed by atoms with E-state index < -0.39 is 11.4 Å². The average molecular weight is 481 g/mol. The molecule has 1 N–H and O–H groups in total. The van der Waals surface area contributed by atoms with Crippen LogP contribution in [0.25, 0.3) is 0 Å². The number of hydrogen-bond donors (Lipinski definition) is 1. The van der Waals surface area contributed by atoms with Gasteiger partial charge in [0.1, 0.15) is 5.60 Å². The van der Waals surface area contributed by atoms with Crippen LogP contribution in [0, 0.1) is 28.6 Å². The first-order valence-corrected chi connectivity index (χ1v) is 13.8. The Labute approximate surface area is 211 Å². The van der Waals surface area contributed by atoms with E-state index >= 15 is 0 Å². The predicted octanol–water partition coefficient (Wildman–Crippen LogP) is 6.39. The molecule has 0 unspecified atom stereocenters. The molecule has 35 heavy (non-hydrogen) atoms. The number of allylic oxidation sites excluding steroid dienone is 1. The number of ketones is 1. The molecule has 7 atom stereocenters. The van der Waals surface area contributed by atoms with Crippen molar-refractivity contribution < 1.29 is 19.4 Å². The number of aliphatic hydroxyl groups is 1. The molecule has 4 nitrogen and oxygen atoms in total. The monoisotopic (exact) mass is 480 g/mol. The Bertz CT molecular complexity index is 998. The summed E-state index contributed by atoms with van der Waals surface area (Å²) in [5.41, 5.74) is 3.23. The molecule has 3 fully saturated rings. The molecular weight excluding hydrogens is 436 g/mol.